The first-order valence-electron chi connectivity index (χ1n) is 9.28. The van der Waals surface area contributed by atoms with Gasteiger partial charge in [0, 0.05) is 19.6 Å². The van der Waals surface area contributed by atoms with E-state index in [1.165, 1.54) is 4.31 Å². The minimum atomic E-state index is -3.53. The zero-order valence-corrected chi connectivity index (χ0v) is 15.5. The number of piperidine rings is 1. The molecule has 2 heterocycles. The van der Waals surface area contributed by atoms with Crippen molar-refractivity contribution in [1.82, 2.24) is 4.90 Å². The van der Waals surface area contributed by atoms with Crippen LogP contribution in [0.15, 0.2) is 24.3 Å². The summed E-state index contributed by atoms with van der Waals surface area (Å²) in [5.41, 5.74) is 0.910. The first kappa shape index (κ1) is 17.3. The number of amides is 1. The molecule has 1 aromatic carbocycles. The highest BCUT2D eigenvalue weighted by molar-refractivity contribution is 7.93. The fourth-order valence-corrected chi connectivity index (χ4v) is 6.32. The Morgan fingerprint density at radius 3 is 2.65 bits per heavy atom. The average Bonchev–Trinajstić information content (AvgIpc) is 3.06. The summed E-state index contributed by atoms with van der Waals surface area (Å²) in [7, 11) is -3.53. The molecule has 0 spiro atoms. The summed E-state index contributed by atoms with van der Waals surface area (Å²) in [6.45, 7) is 1.21. The lowest BCUT2D eigenvalue weighted by Gasteiger charge is -2.41. The monoisotopic (exact) mass is 373 g/mol. The molecular weight excluding hydrogens is 350 g/mol. The Labute approximate surface area is 154 Å². The third kappa shape index (κ3) is 2.59. The molecule has 0 radical (unpaired) electrons. The highest BCUT2D eigenvalue weighted by Crippen LogP contribution is 2.42. The Morgan fingerprint density at radius 1 is 1.19 bits per heavy atom. The lowest BCUT2D eigenvalue weighted by atomic mass is 9.69. The van der Waals surface area contributed by atoms with Crippen molar-refractivity contribution in [3.05, 3.63) is 29.8 Å². The van der Waals surface area contributed by atoms with Gasteiger partial charge < -0.3 is 4.90 Å². The molecule has 2 fully saturated rings. The molecule has 0 bridgehead atoms. The summed E-state index contributed by atoms with van der Waals surface area (Å²) in [6, 6.07) is 9.79. The van der Waals surface area contributed by atoms with Crippen LogP contribution in [0.1, 0.15) is 37.7 Å². The van der Waals surface area contributed by atoms with Crippen LogP contribution >= 0.6 is 0 Å². The van der Waals surface area contributed by atoms with E-state index in [-0.39, 0.29) is 12.5 Å². The van der Waals surface area contributed by atoms with E-state index in [4.69, 9.17) is 0 Å². The molecule has 1 aliphatic carbocycles. The van der Waals surface area contributed by atoms with Gasteiger partial charge in [0.2, 0.25) is 15.9 Å². The molecule has 1 aromatic rings. The van der Waals surface area contributed by atoms with Crippen molar-refractivity contribution < 1.29 is 13.2 Å². The predicted molar refractivity (Wildman–Crippen MR) is 97.9 cm³/mol. The number of sulfonamides is 1. The van der Waals surface area contributed by atoms with Crippen molar-refractivity contribution >= 4 is 21.6 Å². The van der Waals surface area contributed by atoms with E-state index in [9.17, 15) is 18.5 Å². The summed E-state index contributed by atoms with van der Waals surface area (Å²) in [5, 5.41) is 8.83. The number of hydrogen-bond donors (Lipinski definition) is 0. The van der Waals surface area contributed by atoms with Gasteiger partial charge in [0.25, 0.3) is 0 Å². The summed E-state index contributed by atoms with van der Waals surface area (Å²) in [5.74, 6) is -0.173. The van der Waals surface area contributed by atoms with Gasteiger partial charge in [-0.3, -0.25) is 9.10 Å². The van der Waals surface area contributed by atoms with Gasteiger partial charge in [0.15, 0.2) is 0 Å². The Kier molecular flexibility index (Phi) is 4.19. The Hall–Kier alpha value is -2.07. The third-order valence-corrected chi connectivity index (χ3v) is 8.29. The van der Waals surface area contributed by atoms with Gasteiger partial charge in [0.1, 0.15) is 5.41 Å². The van der Waals surface area contributed by atoms with Crippen LogP contribution in [0.25, 0.3) is 0 Å². The summed E-state index contributed by atoms with van der Waals surface area (Å²) >= 11 is 0. The number of carbonyl (C=O) groups excluding carboxylic acids is 1. The van der Waals surface area contributed by atoms with E-state index in [1.807, 2.05) is 24.3 Å². The first-order chi connectivity index (χ1) is 12.5. The molecule has 3 aliphatic rings. The van der Waals surface area contributed by atoms with Crippen molar-refractivity contribution in [2.24, 2.45) is 5.41 Å². The predicted octanol–water partition coefficient (Wildman–Crippen LogP) is 2.06. The second kappa shape index (κ2) is 6.27. The number of likely N-dealkylation sites (tertiary alicyclic amines) is 1. The molecule has 1 saturated carbocycles. The van der Waals surface area contributed by atoms with Crippen LogP contribution in [0.3, 0.4) is 0 Å². The van der Waals surface area contributed by atoms with Gasteiger partial charge in [-0.15, -0.1) is 0 Å². The van der Waals surface area contributed by atoms with Gasteiger partial charge in [-0.1, -0.05) is 18.2 Å². The van der Waals surface area contributed by atoms with Gasteiger partial charge in [-0.2, -0.15) is 5.26 Å². The van der Waals surface area contributed by atoms with Crippen LogP contribution in [0.4, 0.5) is 5.69 Å². The number of hydrogen-bond acceptors (Lipinski definition) is 4. The van der Waals surface area contributed by atoms with E-state index in [1.54, 1.807) is 4.90 Å². The maximum absolute atomic E-state index is 13.2. The topological polar surface area (TPSA) is 81.5 Å². The molecule has 6 nitrogen and oxygen atoms in total. The van der Waals surface area contributed by atoms with Crippen molar-refractivity contribution in [3.8, 4) is 6.07 Å². The summed E-state index contributed by atoms with van der Waals surface area (Å²) in [6.07, 6.45) is 4.02. The average molecular weight is 373 g/mol. The molecule has 26 heavy (non-hydrogen) atoms. The number of carbonyl (C=O) groups is 1. The van der Waals surface area contributed by atoms with E-state index in [0.29, 0.717) is 38.8 Å². The number of nitrogens with zero attached hydrogens (tertiary/aromatic N) is 3. The van der Waals surface area contributed by atoms with Crippen molar-refractivity contribution in [3.63, 3.8) is 0 Å². The molecule has 2 aliphatic heterocycles. The zero-order chi connectivity index (χ0) is 18.4. The minimum Gasteiger partial charge on any atom is -0.340 e. The molecule has 7 heteroatoms. The molecule has 0 aromatic heterocycles. The number of nitriles is 1. The van der Waals surface area contributed by atoms with Crippen molar-refractivity contribution in [2.75, 3.05) is 23.9 Å². The molecule has 138 valence electrons. The van der Waals surface area contributed by atoms with Crippen LogP contribution in [-0.2, 0) is 21.2 Å². The molecule has 1 amide bonds. The van der Waals surface area contributed by atoms with Gasteiger partial charge in [-0.05, 0) is 50.2 Å². The van der Waals surface area contributed by atoms with Gasteiger partial charge in [0.05, 0.1) is 17.0 Å². The number of anilines is 1. The highest BCUT2D eigenvalue weighted by atomic mass is 32.2. The van der Waals surface area contributed by atoms with E-state index in [2.05, 4.69) is 6.07 Å². The largest absolute Gasteiger partial charge is 0.340 e. The normalized spacial score (nSPS) is 24.5. The van der Waals surface area contributed by atoms with E-state index >= 15 is 0 Å². The molecule has 4 rings (SSSR count). The third-order valence-electron chi connectivity index (χ3n) is 6.07. The SMILES string of the molecule is N#CC1(C(=O)N2CCCC(S(=O)(=O)N3CCc4ccccc43)C2)CCC1. The van der Waals surface area contributed by atoms with Crippen LogP contribution in [-0.4, -0.2) is 44.1 Å². The van der Waals surface area contributed by atoms with E-state index < -0.39 is 20.7 Å². The van der Waals surface area contributed by atoms with Crippen LogP contribution < -0.4 is 4.31 Å². The van der Waals surface area contributed by atoms with Crippen molar-refractivity contribution in [1.29, 1.82) is 5.26 Å². The van der Waals surface area contributed by atoms with Gasteiger partial charge in [-0.25, -0.2) is 8.42 Å². The molecule has 1 unspecified atom stereocenters. The van der Waals surface area contributed by atoms with E-state index in [0.717, 1.165) is 24.1 Å². The summed E-state index contributed by atoms with van der Waals surface area (Å²) in [4.78, 5) is 14.4. The van der Waals surface area contributed by atoms with Crippen LogP contribution in [0.5, 0.6) is 0 Å². The fraction of sp³-hybridized carbons (Fsp3) is 0.579. The second-order valence-corrected chi connectivity index (χ2v) is 9.70. The second-order valence-electron chi connectivity index (χ2n) is 7.56. The van der Waals surface area contributed by atoms with Crippen LogP contribution in [0, 0.1) is 16.7 Å². The molecule has 0 N–H and O–H groups in total. The molecular formula is C19H23N3O3S. The number of fused-ring (bicyclic) bond motifs is 1. The smallest absolute Gasteiger partial charge is 0.243 e. The van der Waals surface area contributed by atoms with Gasteiger partial charge >= 0.3 is 0 Å². The molecule has 1 atom stereocenters. The minimum absolute atomic E-state index is 0.173. The number of benzene rings is 1. The lowest BCUT2D eigenvalue weighted by molar-refractivity contribution is -0.143. The maximum atomic E-state index is 13.2. The summed E-state index contributed by atoms with van der Waals surface area (Å²) < 4.78 is 28.0. The Bertz CT molecular complexity index is 870. The number of para-hydroxylation sites is 1. The fourth-order valence-electron chi connectivity index (χ4n) is 4.32. The standard InChI is InChI=1S/C19H23N3O3S/c20-14-19(9-4-10-19)18(23)21-11-3-6-16(13-21)26(24,25)22-12-8-15-5-1-2-7-17(15)22/h1-2,5,7,16H,3-4,6,8-13H2. The zero-order valence-electron chi connectivity index (χ0n) is 14.7. The Balaban J connectivity index is 1.55. The Morgan fingerprint density at radius 2 is 1.96 bits per heavy atom. The maximum Gasteiger partial charge on any atom is 0.243 e. The van der Waals surface area contributed by atoms with Crippen LogP contribution in [0.2, 0.25) is 0 Å². The highest BCUT2D eigenvalue weighted by Gasteiger charge is 2.49. The molecule has 1 saturated heterocycles. The van der Waals surface area contributed by atoms with Crippen molar-refractivity contribution in [2.45, 2.75) is 43.8 Å². The number of rotatable bonds is 3. The first-order valence-corrected chi connectivity index (χ1v) is 10.8. The lowest BCUT2D eigenvalue weighted by Crippen LogP contribution is -2.54. The quantitative estimate of drug-likeness (QED) is 0.812.